The Bertz CT molecular complexity index is 1040. The van der Waals surface area contributed by atoms with Gasteiger partial charge in [0.05, 0.1) is 12.2 Å². The van der Waals surface area contributed by atoms with Gasteiger partial charge in [-0.1, -0.05) is 12.1 Å². The zero-order chi connectivity index (χ0) is 21.6. The number of hydrogen-bond donors (Lipinski definition) is 3. The predicted molar refractivity (Wildman–Crippen MR) is 117 cm³/mol. The van der Waals surface area contributed by atoms with Crippen LogP contribution in [0.3, 0.4) is 0 Å². The van der Waals surface area contributed by atoms with E-state index in [-0.39, 0.29) is 29.3 Å². The molecule has 0 spiro atoms. The lowest BCUT2D eigenvalue weighted by molar-refractivity contribution is -0.146. The average molecular weight is 421 g/mol. The van der Waals surface area contributed by atoms with Crippen molar-refractivity contribution in [3.05, 3.63) is 46.5 Å². The first-order chi connectivity index (χ1) is 14.9. The predicted octanol–water partition coefficient (Wildman–Crippen LogP) is 3.02. The largest absolute Gasteiger partial charge is 0.347 e. The maximum atomic E-state index is 13.0. The molecule has 7 nitrogen and oxygen atoms in total. The third-order valence-electron chi connectivity index (χ3n) is 7.25. The van der Waals surface area contributed by atoms with Gasteiger partial charge in [0, 0.05) is 22.7 Å². The van der Waals surface area contributed by atoms with Gasteiger partial charge < -0.3 is 15.6 Å². The van der Waals surface area contributed by atoms with Crippen LogP contribution in [0.2, 0.25) is 0 Å². The van der Waals surface area contributed by atoms with Crippen LogP contribution < -0.4 is 16.2 Å². The monoisotopic (exact) mass is 420 g/mol. The molecule has 6 rings (SSSR count). The third-order valence-corrected chi connectivity index (χ3v) is 7.25. The lowest BCUT2D eigenvalue weighted by Crippen LogP contribution is -2.54. The lowest BCUT2D eigenvalue weighted by Gasteiger charge is -2.55. The number of carbonyl (C=O) groups is 2. The summed E-state index contributed by atoms with van der Waals surface area (Å²) in [5.41, 5.74) is 1.58. The molecule has 7 heteroatoms. The van der Waals surface area contributed by atoms with E-state index in [0.717, 1.165) is 24.8 Å². The molecule has 4 fully saturated rings. The molecule has 1 heterocycles. The Labute approximate surface area is 181 Å². The SMILES string of the molecule is Cc1nc(-c2ccc(NC(=O)CNC(=O)C34CC5CC(CC(C5)C3)C4)cc2)cc(=O)[nH]1. The fourth-order valence-corrected chi connectivity index (χ4v) is 6.39. The topological polar surface area (TPSA) is 104 Å². The van der Waals surface area contributed by atoms with Crippen LogP contribution in [-0.4, -0.2) is 28.3 Å². The molecule has 2 amide bonds. The highest BCUT2D eigenvalue weighted by molar-refractivity contribution is 5.95. The smallest absolute Gasteiger partial charge is 0.251 e. The minimum absolute atomic E-state index is 0.0167. The molecule has 2 aromatic rings. The van der Waals surface area contributed by atoms with Crippen molar-refractivity contribution in [1.82, 2.24) is 15.3 Å². The molecular weight excluding hydrogens is 392 g/mol. The van der Waals surface area contributed by atoms with Crippen molar-refractivity contribution in [3.63, 3.8) is 0 Å². The summed E-state index contributed by atoms with van der Waals surface area (Å²) in [5, 5.41) is 5.74. The van der Waals surface area contributed by atoms with Crippen molar-refractivity contribution in [3.8, 4) is 11.3 Å². The molecule has 162 valence electrons. The fourth-order valence-electron chi connectivity index (χ4n) is 6.39. The Morgan fingerprint density at radius 1 is 1.06 bits per heavy atom. The van der Waals surface area contributed by atoms with Gasteiger partial charge in [0.1, 0.15) is 5.82 Å². The van der Waals surface area contributed by atoms with Crippen LogP contribution in [-0.2, 0) is 9.59 Å². The maximum absolute atomic E-state index is 13.0. The van der Waals surface area contributed by atoms with Crippen LogP contribution in [0.5, 0.6) is 0 Å². The molecule has 4 aliphatic rings. The quantitative estimate of drug-likeness (QED) is 0.692. The number of carbonyl (C=O) groups excluding carboxylic acids is 2. The summed E-state index contributed by atoms with van der Waals surface area (Å²) in [4.78, 5) is 44.0. The van der Waals surface area contributed by atoms with Crippen molar-refractivity contribution in [2.75, 3.05) is 11.9 Å². The number of rotatable bonds is 5. The Hall–Kier alpha value is -2.96. The lowest BCUT2D eigenvalue weighted by atomic mass is 9.49. The molecule has 3 N–H and O–H groups in total. The number of anilines is 1. The van der Waals surface area contributed by atoms with Gasteiger partial charge in [-0.15, -0.1) is 0 Å². The Morgan fingerprint density at radius 3 is 2.26 bits per heavy atom. The first-order valence-corrected chi connectivity index (χ1v) is 11.2. The van der Waals surface area contributed by atoms with Crippen LogP contribution in [0.15, 0.2) is 35.1 Å². The van der Waals surface area contributed by atoms with E-state index >= 15 is 0 Å². The van der Waals surface area contributed by atoms with E-state index in [4.69, 9.17) is 0 Å². The summed E-state index contributed by atoms with van der Waals surface area (Å²) in [6.07, 6.45) is 6.83. The van der Waals surface area contributed by atoms with Gasteiger partial charge in [-0.2, -0.15) is 0 Å². The van der Waals surface area contributed by atoms with E-state index in [1.54, 1.807) is 19.1 Å². The Kier molecular flexibility index (Phi) is 4.91. The summed E-state index contributed by atoms with van der Waals surface area (Å²) in [5.74, 6) is 2.46. The third kappa shape index (κ3) is 4.01. The second kappa shape index (κ2) is 7.62. The number of aryl methyl sites for hydroxylation is 1. The van der Waals surface area contributed by atoms with Crippen molar-refractivity contribution >= 4 is 17.5 Å². The van der Waals surface area contributed by atoms with Crippen LogP contribution >= 0.6 is 0 Å². The van der Waals surface area contributed by atoms with E-state index in [0.29, 0.717) is 35.0 Å². The molecule has 0 unspecified atom stereocenters. The van der Waals surface area contributed by atoms with E-state index in [9.17, 15) is 14.4 Å². The first kappa shape index (κ1) is 20.0. The van der Waals surface area contributed by atoms with Gasteiger partial charge >= 0.3 is 0 Å². The van der Waals surface area contributed by atoms with Gasteiger partial charge in [-0.05, 0) is 75.3 Å². The second-order valence-corrected chi connectivity index (χ2v) is 9.72. The second-order valence-electron chi connectivity index (χ2n) is 9.72. The molecule has 0 radical (unpaired) electrons. The van der Waals surface area contributed by atoms with Crippen LogP contribution in [0, 0.1) is 30.1 Å². The van der Waals surface area contributed by atoms with Crippen molar-refractivity contribution in [2.45, 2.75) is 45.4 Å². The fraction of sp³-hybridized carbons (Fsp3) is 0.500. The zero-order valence-electron chi connectivity index (χ0n) is 17.7. The van der Waals surface area contributed by atoms with Crippen LogP contribution in [0.25, 0.3) is 11.3 Å². The number of H-pyrrole nitrogens is 1. The number of nitrogens with one attached hydrogen (secondary N) is 3. The minimum Gasteiger partial charge on any atom is -0.347 e. The first-order valence-electron chi connectivity index (χ1n) is 11.2. The molecule has 31 heavy (non-hydrogen) atoms. The highest BCUT2D eigenvalue weighted by Crippen LogP contribution is 2.60. The highest BCUT2D eigenvalue weighted by atomic mass is 16.2. The van der Waals surface area contributed by atoms with Crippen molar-refractivity contribution < 1.29 is 9.59 Å². The van der Waals surface area contributed by atoms with Gasteiger partial charge in [-0.3, -0.25) is 14.4 Å². The molecule has 0 saturated heterocycles. The average Bonchev–Trinajstić information content (AvgIpc) is 2.71. The minimum atomic E-state index is -0.241. The van der Waals surface area contributed by atoms with E-state index in [1.807, 2.05) is 12.1 Å². The summed E-state index contributed by atoms with van der Waals surface area (Å²) < 4.78 is 0. The number of aromatic nitrogens is 2. The highest BCUT2D eigenvalue weighted by Gasteiger charge is 2.54. The standard InChI is InChI=1S/C24H28N4O3/c1-14-26-20(9-21(29)27-14)18-2-4-19(5-3-18)28-22(30)13-25-23(31)24-10-15-6-16(11-24)8-17(7-15)12-24/h2-5,9,15-17H,6-8,10-13H2,1H3,(H,25,31)(H,28,30)(H,26,27,29). The van der Waals surface area contributed by atoms with Gasteiger partial charge in [0.2, 0.25) is 11.8 Å². The van der Waals surface area contributed by atoms with Gasteiger partial charge in [0.25, 0.3) is 5.56 Å². The molecule has 1 aromatic carbocycles. The Morgan fingerprint density at radius 2 is 1.68 bits per heavy atom. The Balaban J connectivity index is 1.17. The summed E-state index contributed by atoms with van der Waals surface area (Å²) in [6, 6.07) is 8.61. The summed E-state index contributed by atoms with van der Waals surface area (Å²) >= 11 is 0. The number of hydrogen-bond acceptors (Lipinski definition) is 4. The number of amides is 2. The molecular formula is C24H28N4O3. The van der Waals surface area contributed by atoms with E-state index in [2.05, 4.69) is 20.6 Å². The number of nitrogens with zero attached hydrogens (tertiary/aromatic N) is 1. The van der Waals surface area contributed by atoms with E-state index in [1.165, 1.54) is 25.3 Å². The summed E-state index contributed by atoms with van der Waals surface area (Å²) in [7, 11) is 0. The van der Waals surface area contributed by atoms with Crippen LogP contribution in [0.1, 0.15) is 44.3 Å². The number of aromatic amines is 1. The van der Waals surface area contributed by atoms with Gasteiger partial charge in [0.15, 0.2) is 0 Å². The van der Waals surface area contributed by atoms with Crippen molar-refractivity contribution in [2.24, 2.45) is 23.2 Å². The number of benzene rings is 1. The molecule has 4 bridgehead atoms. The molecule has 1 aromatic heterocycles. The molecule has 4 aliphatic carbocycles. The normalized spacial score (nSPS) is 28.4. The maximum Gasteiger partial charge on any atom is 0.251 e. The van der Waals surface area contributed by atoms with Crippen molar-refractivity contribution in [1.29, 1.82) is 0 Å². The zero-order valence-corrected chi connectivity index (χ0v) is 17.7. The van der Waals surface area contributed by atoms with Gasteiger partial charge in [-0.25, -0.2) is 4.98 Å². The van der Waals surface area contributed by atoms with E-state index < -0.39 is 0 Å². The van der Waals surface area contributed by atoms with Crippen LogP contribution in [0.4, 0.5) is 5.69 Å². The molecule has 4 saturated carbocycles. The summed E-state index contributed by atoms with van der Waals surface area (Å²) in [6.45, 7) is 1.72. The molecule has 0 aliphatic heterocycles. The molecule has 0 atom stereocenters.